The maximum absolute atomic E-state index is 13.1. The lowest BCUT2D eigenvalue weighted by molar-refractivity contribution is 0.297. The molecule has 2 aromatic rings. The van der Waals surface area contributed by atoms with E-state index in [-0.39, 0.29) is 11.9 Å². The van der Waals surface area contributed by atoms with Crippen LogP contribution in [0.3, 0.4) is 0 Å². The number of halogens is 1. The van der Waals surface area contributed by atoms with Gasteiger partial charge in [-0.25, -0.2) is 4.39 Å². The molecule has 0 amide bonds. The summed E-state index contributed by atoms with van der Waals surface area (Å²) in [6.45, 7) is 2.60. The lowest BCUT2D eigenvalue weighted by Crippen LogP contribution is -2.25. The van der Waals surface area contributed by atoms with E-state index in [1.165, 1.54) is 17.7 Å². The highest BCUT2D eigenvalue weighted by molar-refractivity contribution is 5.27. The Balaban J connectivity index is 1.76. The summed E-state index contributed by atoms with van der Waals surface area (Å²) < 4.78 is 18.7. The predicted molar refractivity (Wildman–Crippen MR) is 79.4 cm³/mol. The van der Waals surface area contributed by atoms with Gasteiger partial charge < -0.3 is 10.5 Å². The smallest absolute Gasteiger partial charge is 0.123 e. The Hall–Kier alpha value is -1.87. The Kier molecular flexibility index (Phi) is 5.13. The number of hydrogen-bond donors (Lipinski definition) is 1. The standard InChI is InChI=1S/C17H20FNO/c1-13-4-2-7-17(10-13)20-9-8-16(19)12-14-5-3-6-15(18)11-14/h2-7,10-11,16H,8-9,12,19H2,1H3. The summed E-state index contributed by atoms with van der Waals surface area (Å²) in [7, 11) is 0. The molecule has 2 N–H and O–H groups in total. The summed E-state index contributed by atoms with van der Waals surface area (Å²) in [5.74, 6) is 0.647. The van der Waals surface area contributed by atoms with Crippen molar-refractivity contribution in [2.75, 3.05) is 6.61 Å². The van der Waals surface area contributed by atoms with Gasteiger partial charge in [-0.3, -0.25) is 0 Å². The van der Waals surface area contributed by atoms with Crippen LogP contribution in [0.4, 0.5) is 4.39 Å². The zero-order chi connectivity index (χ0) is 14.4. The average Bonchev–Trinajstić information content (AvgIpc) is 2.38. The first kappa shape index (κ1) is 14.5. The summed E-state index contributed by atoms with van der Waals surface area (Å²) in [4.78, 5) is 0. The van der Waals surface area contributed by atoms with Gasteiger partial charge in [-0.15, -0.1) is 0 Å². The molecule has 2 nitrogen and oxygen atoms in total. The van der Waals surface area contributed by atoms with Crippen LogP contribution < -0.4 is 10.5 Å². The van der Waals surface area contributed by atoms with Gasteiger partial charge in [0.05, 0.1) is 6.61 Å². The molecular weight excluding hydrogens is 253 g/mol. The Bertz CT molecular complexity index is 556. The molecule has 2 aromatic carbocycles. The molecule has 0 aliphatic heterocycles. The molecule has 106 valence electrons. The second-order valence-electron chi connectivity index (χ2n) is 5.05. The zero-order valence-electron chi connectivity index (χ0n) is 11.7. The van der Waals surface area contributed by atoms with E-state index in [0.29, 0.717) is 13.0 Å². The third-order valence-electron chi connectivity index (χ3n) is 3.13. The topological polar surface area (TPSA) is 35.2 Å². The molecule has 0 spiro atoms. The van der Waals surface area contributed by atoms with Gasteiger partial charge in [0, 0.05) is 6.04 Å². The molecule has 2 rings (SSSR count). The first-order chi connectivity index (χ1) is 9.63. The Morgan fingerprint density at radius 3 is 2.70 bits per heavy atom. The van der Waals surface area contributed by atoms with Crippen LogP contribution in [0.2, 0.25) is 0 Å². The summed E-state index contributed by atoms with van der Waals surface area (Å²) in [5, 5.41) is 0. The lowest BCUT2D eigenvalue weighted by atomic mass is 10.0. The van der Waals surface area contributed by atoms with Gasteiger partial charge in [-0.1, -0.05) is 24.3 Å². The van der Waals surface area contributed by atoms with Crippen molar-refractivity contribution >= 4 is 0 Å². The number of ether oxygens (including phenoxy) is 1. The molecule has 0 heterocycles. The van der Waals surface area contributed by atoms with Gasteiger partial charge in [0.25, 0.3) is 0 Å². The van der Waals surface area contributed by atoms with Gasteiger partial charge in [0.1, 0.15) is 11.6 Å². The van der Waals surface area contributed by atoms with Crippen LogP contribution in [-0.2, 0) is 6.42 Å². The van der Waals surface area contributed by atoms with E-state index in [1.807, 2.05) is 37.3 Å². The molecule has 0 aromatic heterocycles. The van der Waals surface area contributed by atoms with E-state index < -0.39 is 0 Å². The van der Waals surface area contributed by atoms with Crippen LogP contribution in [0.5, 0.6) is 5.75 Å². The fraction of sp³-hybridized carbons (Fsp3) is 0.294. The van der Waals surface area contributed by atoms with Crippen LogP contribution >= 0.6 is 0 Å². The molecule has 1 unspecified atom stereocenters. The summed E-state index contributed by atoms with van der Waals surface area (Å²) in [6, 6.07) is 14.5. The third-order valence-corrected chi connectivity index (χ3v) is 3.13. The van der Waals surface area contributed by atoms with Crippen molar-refractivity contribution in [3.05, 3.63) is 65.5 Å². The molecule has 0 aliphatic rings. The van der Waals surface area contributed by atoms with E-state index in [9.17, 15) is 4.39 Å². The highest BCUT2D eigenvalue weighted by Crippen LogP contribution is 2.13. The van der Waals surface area contributed by atoms with E-state index in [4.69, 9.17) is 10.5 Å². The minimum atomic E-state index is -0.217. The first-order valence-electron chi connectivity index (χ1n) is 6.83. The number of benzene rings is 2. The Labute approximate surface area is 119 Å². The zero-order valence-corrected chi connectivity index (χ0v) is 11.7. The maximum atomic E-state index is 13.1. The third kappa shape index (κ3) is 4.67. The second kappa shape index (κ2) is 7.06. The second-order valence-corrected chi connectivity index (χ2v) is 5.05. The number of rotatable bonds is 6. The average molecular weight is 273 g/mol. The Morgan fingerprint density at radius 1 is 1.15 bits per heavy atom. The summed E-state index contributed by atoms with van der Waals surface area (Å²) in [6.07, 6.45) is 1.40. The summed E-state index contributed by atoms with van der Waals surface area (Å²) >= 11 is 0. The lowest BCUT2D eigenvalue weighted by Gasteiger charge is -2.13. The van der Waals surface area contributed by atoms with E-state index in [1.54, 1.807) is 6.07 Å². The SMILES string of the molecule is Cc1cccc(OCCC(N)Cc2cccc(F)c2)c1. The predicted octanol–water partition coefficient (Wildman–Crippen LogP) is 3.47. The maximum Gasteiger partial charge on any atom is 0.123 e. The molecule has 0 aliphatic carbocycles. The minimum absolute atomic E-state index is 0.0263. The van der Waals surface area contributed by atoms with E-state index in [0.717, 1.165) is 17.7 Å². The molecule has 0 saturated heterocycles. The highest BCUT2D eigenvalue weighted by atomic mass is 19.1. The van der Waals surface area contributed by atoms with Crippen molar-refractivity contribution < 1.29 is 9.13 Å². The molecule has 1 atom stereocenters. The van der Waals surface area contributed by atoms with Crippen LogP contribution in [0.15, 0.2) is 48.5 Å². The minimum Gasteiger partial charge on any atom is -0.494 e. The fourth-order valence-corrected chi connectivity index (χ4v) is 2.10. The van der Waals surface area contributed by atoms with Gasteiger partial charge >= 0.3 is 0 Å². The van der Waals surface area contributed by atoms with Crippen molar-refractivity contribution in [3.8, 4) is 5.75 Å². The quantitative estimate of drug-likeness (QED) is 0.874. The normalized spacial score (nSPS) is 12.2. The van der Waals surface area contributed by atoms with E-state index >= 15 is 0 Å². The summed E-state index contributed by atoms with van der Waals surface area (Å²) in [5.41, 5.74) is 8.14. The fourth-order valence-electron chi connectivity index (χ4n) is 2.10. The number of aryl methyl sites for hydroxylation is 1. The van der Waals surface area contributed by atoms with Gasteiger partial charge in [0.15, 0.2) is 0 Å². The molecule has 3 heteroatoms. The van der Waals surface area contributed by atoms with Crippen molar-refractivity contribution in [2.24, 2.45) is 5.73 Å². The monoisotopic (exact) mass is 273 g/mol. The van der Waals surface area contributed by atoms with Crippen molar-refractivity contribution in [2.45, 2.75) is 25.8 Å². The van der Waals surface area contributed by atoms with Crippen LogP contribution in [-0.4, -0.2) is 12.6 Å². The van der Waals surface area contributed by atoms with Crippen molar-refractivity contribution in [1.82, 2.24) is 0 Å². The molecule has 0 fully saturated rings. The highest BCUT2D eigenvalue weighted by Gasteiger charge is 2.05. The molecule has 0 saturated carbocycles. The molecule has 20 heavy (non-hydrogen) atoms. The van der Waals surface area contributed by atoms with Crippen LogP contribution in [0, 0.1) is 12.7 Å². The van der Waals surface area contributed by atoms with Crippen LogP contribution in [0.1, 0.15) is 17.5 Å². The Morgan fingerprint density at radius 2 is 1.95 bits per heavy atom. The van der Waals surface area contributed by atoms with Gasteiger partial charge in [-0.05, 0) is 55.2 Å². The number of hydrogen-bond acceptors (Lipinski definition) is 2. The van der Waals surface area contributed by atoms with Gasteiger partial charge in [0.2, 0.25) is 0 Å². The van der Waals surface area contributed by atoms with Crippen LogP contribution in [0.25, 0.3) is 0 Å². The number of nitrogens with two attached hydrogens (primary N) is 1. The molecule has 0 radical (unpaired) electrons. The largest absolute Gasteiger partial charge is 0.494 e. The van der Waals surface area contributed by atoms with E-state index in [2.05, 4.69) is 0 Å². The van der Waals surface area contributed by atoms with Crippen molar-refractivity contribution in [1.29, 1.82) is 0 Å². The van der Waals surface area contributed by atoms with Crippen molar-refractivity contribution in [3.63, 3.8) is 0 Å². The van der Waals surface area contributed by atoms with Gasteiger partial charge in [-0.2, -0.15) is 0 Å². The molecule has 0 bridgehead atoms. The molecular formula is C17H20FNO. The first-order valence-corrected chi connectivity index (χ1v) is 6.83.